The summed E-state index contributed by atoms with van der Waals surface area (Å²) >= 11 is 0. The first-order valence-electron chi connectivity index (χ1n) is 6.60. The number of rotatable bonds is 10. The minimum Gasteiger partial charge on any atom is -0.469 e. The standard InChI is InChI=1S/C12H22N4O4/c1-4-15-7-9(11(13)18)16-12(19)8(14-2)5-6-10(17)20-3/h4,8-9,14-15H,1,5-7H2,2-3H3,(H2,13,18)(H,16,19)/t8-,9-/m0/s1/i/hT. The van der Waals surface area contributed by atoms with Crippen molar-refractivity contribution >= 4 is 17.8 Å². The number of hydrogen-bond acceptors (Lipinski definition) is 6. The Balaban J connectivity index is 4.57. The van der Waals surface area contributed by atoms with Gasteiger partial charge in [-0.25, -0.2) is 0 Å². The number of nitrogens with one attached hydrogen (secondary N) is 3. The third kappa shape index (κ3) is 6.74. The summed E-state index contributed by atoms with van der Waals surface area (Å²) < 4.78 is 11.4. The van der Waals surface area contributed by atoms with Crippen LogP contribution in [0.2, 0.25) is 1.41 Å². The first-order chi connectivity index (χ1) is 9.99. The predicted octanol–water partition coefficient (Wildman–Crippen LogP) is -1.77. The maximum atomic E-state index is 12.0. The molecular weight excluding hydrogens is 264 g/mol. The highest BCUT2D eigenvalue weighted by Crippen LogP contribution is 1.99. The van der Waals surface area contributed by atoms with Crippen molar-refractivity contribution in [2.75, 3.05) is 20.7 Å². The van der Waals surface area contributed by atoms with Gasteiger partial charge in [0.1, 0.15) is 6.04 Å². The number of likely N-dealkylation sites (N-methyl/N-ethyl adjacent to an activating group) is 1. The number of amides is 2. The molecule has 0 spiro atoms. The van der Waals surface area contributed by atoms with Crippen molar-refractivity contribution in [1.82, 2.24) is 16.0 Å². The van der Waals surface area contributed by atoms with Crippen LogP contribution in [0.15, 0.2) is 12.8 Å². The highest BCUT2D eigenvalue weighted by atomic mass is 16.5. The van der Waals surface area contributed by atoms with Crippen LogP contribution in [0.4, 0.5) is 0 Å². The minimum atomic E-state index is -0.915. The molecule has 0 aromatic rings. The van der Waals surface area contributed by atoms with E-state index in [0.29, 0.717) is 0 Å². The number of methoxy groups -OCH3 is 1. The van der Waals surface area contributed by atoms with Crippen molar-refractivity contribution in [2.24, 2.45) is 5.73 Å². The topological polar surface area (TPSA) is 123 Å². The highest BCUT2D eigenvalue weighted by Gasteiger charge is 2.23. The van der Waals surface area contributed by atoms with Crippen molar-refractivity contribution < 1.29 is 20.5 Å². The van der Waals surface area contributed by atoms with E-state index in [9.17, 15) is 14.4 Å². The molecule has 114 valence electrons. The summed E-state index contributed by atoms with van der Waals surface area (Å²) in [5, 5.41) is 7.96. The third-order valence-corrected chi connectivity index (χ3v) is 2.63. The second-order valence-electron chi connectivity index (χ2n) is 3.99. The molecule has 5 N–H and O–H groups in total. The lowest BCUT2D eigenvalue weighted by Gasteiger charge is -2.20. The van der Waals surface area contributed by atoms with Gasteiger partial charge in [-0.1, -0.05) is 6.58 Å². The van der Waals surface area contributed by atoms with Gasteiger partial charge in [0.25, 0.3) is 0 Å². The van der Waals surface area contributed by atoms with Gasteiger partial charge in [0.15, 0.2) is 1.41 Å². The van der Waals surface area contributed by atoms with Crippen LogP contribution in [-0.2, 0) is 19.1 Å². The van der Waals surface area contributed by atoms with Crippen LogP contribution in [0.5, 0.6) is 0 Å². The molecule has 8 nitrogen and oxygen atoms in total. The van der Waals surface area contributed by atoms with Gasteiger partial charge in [0.2, 0.25) is 11.8 Å². The summed E-state index contributed by atoms with van der Waals surface area (Å²) in [6.45, 7) is 3.54. The molecule has 0 aromatic carbocycles. The first kappa shape index (κ1) is 16.0. The van der Waals surface area contributed by atoms with Crippen molar-refractivity contribution in [3.63, 3.8) is 0 Å². The second kappa shape index (κ2) is 9.79. The quantitative estimate of drug-likeness (QED) is 0.353. The Morgan fingerprint density at radius 2 is 2.15 bits per heavy atom. The van der Waals surface area contributed by atoms with Gasteiger partial charge < -0.3 is 26.4 Å². The van der Waals surface area contributed by atoms with E-state index in [2.05, 4.69) is 27.3 Å². The zero-order valence-corrected chi connectivity index (χ0v) is 11.7. The largest absolute Gasteiger partial charge is 0.469 e. The number of primary amides is 1. The first-order valence-corrected chi connectivity index (χ1v) is 6.10. The van der Waals surface area contributed by atoms with Gasteiger partial charge in [-0.3, -0.25) is 14.4 Å². The zero-order valence-electron chi connectivity index (χ0n) is 12.7. The van der Waals surface area contributed by atoms with E-state index in [1.807, 2.05) is 0 Å². The molecule has 0 aliphatic carbocycles. The molecule has 20 heavy (non-hydrogen) atoms. The number of hydrogen-bond donors (Lipinski definition) is 4. The molecular formula is C12H22N4O4. The molecule has 0 unspecified atom stereocenters. The van der Waals surface area contributed by atoms with E-state index in [4.69, 9.17) is 1.41 Å². The Kier molecular flexibility index (Phi) is 7.82. The number of carbonyl (C=O) groups is 3. The van der Waals surface area contributed by atoms with Crippen LogP contribution in [0, 0.1) is 0 Å². The number of carbonyl (C=O) groups excluding carboxylic acids is 3. The van der Waals surface area contributed by atoms with Crippen molar-refractivity contribution in [3.05, 3.63) is 12.8 Å². The molecule has 0 aliphatic rings. The Bertz CT molecular complexity index is 378. The normalized spacial score (nSPS) is 13.4. The summed E-state index contributed by atoms with van der Waals surface area (Å²) in [6, 6.07) is -1.56. The Hall–Kier alpha value is -2.09. The lowest BCUT2D eigenvalue weighted by Crippen LogP contribution is -2.54. The Morgan fingerprint density at radius 3 is 2.65 bits per heavy atom. The average Bonchev–Trinajstić information content (AvgIpc) is 2.50. The van der Waals surface area contributed by atoms with Gasteiger partial charge in [0.05, 0.1) is 13.2 Å². The van der Waals surface area contributed by atoms with Gasteiger partial charge in [-0.2, -0.15) is 0 Å². The van der Waals surface area contributed by atoms with Crippen LogP contribution in [0.1, 0.15) is 12.8 Å². The van der Waals surface area contributed by atoms with Crippen molar-refractivity contribution in [3.8, 4) is 0 Å². The smallest absolute Gasteiger partial charge is 0.305 e. The van der Waals surface area contributed by atoms with E-state index in [1.165, 1.54) is 13.3 Å². The Labute approximate surface area is 119 Å². The summed E-state index contributed by atoms with van der Waals surface area (Å²) in [7, 11) is 2.84. The number of nitrogens with two attached hydrogens (primary N) is 1. The molecule has 0 saturated heterocycles. The summed E-state index contributed by atoms with van der Waals surface area (Å²) in [6.07, 6.45) is 1.69. The molecule has 2 amide bonds. The van der Waals surface area contributed by atoms with E-state index in [-0.39, 0.29) is 19.4 Å². The molecule has 0 fully saturated rings. The average molecular weight is 288 g/mol. The fourth-order valence-corrected chi connectivity index (χ4v) is 1.45. The molecule has 0 heterocycles. The maximum Gasteiger partial charge on any atom is 0.305 e. The Morgan fingerprint density at radius 1 is 1.45 bits per heavy atom. The monoisotopic (exact) mass is 288 g/mol. The zero-order chi connectivity index (χ0) is 16.3. The molecule has 0 aromatic heterocycles. The molecule has 0 saturated carbocycles. The van der Waals surface area contributed by atoms with E-state index in [0.717, 1.165) is 0 Å². The minimum absolute atomic E-state index is 0.0790. The summed E-state index contributed by atoms with van der Waals surface area (Å²) in [4.78, 5) is 34.6. The van der Waals surface area contributed by atoms with Crippen LogP contribution < -0.4 is 21.7 Å². The molecule has 8 heteroatoms. The van der Waals surface area contributed by atoms with Crippen LogP contribution in [0.3, 0.4) is 0 Å². The number of esters is 1. The van der Waals surface area contributed by atoms with Crippen LogP contribution in [0.25, 0.3) is 0 Å². The second-order valence-corrected chi connectivity index (χ2v) is 3.99. The van der Waals surface area contributed by atoms with E-state index in [1.54, 1.807) is 12.8 Å². The fraction of sp³-hybridized carbons (Fsp3) is 0.583. The highest BCUT2D eigenvalue weighted by molar-refractivity contribution is 5.89. The molecule has 0 rings (SSSR count). The van der Waals surface area contributed by atoms with Gasteiger partial charge >= 0.3 is 5.97 Å². The molecule has 0 radical (unpaired) electrons. The van der Waals surface area contributed by atoms with Crippen molar-refractivity contribution in [2.45, 2.75) is 24.9 Å². The van der Waals surface area contributed by atoms with Gasteiger partial charge in [0, 0.05) is 13.0 Å². The molecule has 0 bridgehead atoms. The molecule has 0 aliphatic heterocycles. The predicted molar refractivity (Wildman–Crippen MR) is 73.4 cm³/mol. The van der Waals surface area contributed by atoms with Crippen molar-refractivity contribution in [1.29, 1.82) is 0 Å². The lowest BCUT2D eigenvalue weighted by molar-refractivity contribution is -0.141. The third-order valence-electron chi connectivity index (χ3n) is 2.63. The SMILES string of the molecule is [3H]NC(=O)[C@H](CNC=C)NC(=O)[C@H](CCC(=O)OC)NC. The van der Waals surface area contributed by atoms with Crippen LogP contribution >= 0.6 is 0 Å². The van der Waals surface area contributed by atoms with Crippen LogP contribution in [-0.4, -0.2) is 50.6 Å². The summed E-state index contributed by atoms with van der Waals surface area (Å²) in [5.41, 5.74) is 1.72. The number of ether oxygens (including phenoxy) is 1. The lowest BCUT2D eigenvalue weighted by atomic mass is 10.1. The van der Waals surface area contributed by atoms with E-state index >= 15 is 0 Å². The van der Waals surface area contributed by atoms with Gasteiger partial charge in [-0.15, -0.1) is 0 Å². The molecule has 2 atom stereocenters. The van der Waals surface area contributed by atoms with Gasteiger partial charge in [-0.05, 0) is 19.7 Å². The summed E-state index contributed by atoms with van der Waals surface area (Å²) in [5.74, 6) is -1.52. The maximum absolute atomic E-state index is 12.0. The van der Waals surface area contributed by atoms with E-state index < -0.39 is 29.9 Å². The fourth-order valence-electron chi connectivity index (χ4n) is 1.45.